The summed E-state index contributed by atoms with van der Waals surface area (Å²) in [4.78, 5) is 2.23. The van der Waals surface area contributed by atoms with Crippen molar-refractivity contribution in [3.63, 3.8) is 0 Å². The average Bonchev–Trinajstić information content (AvgIpc) is 2.08. The van der Waals surface area contributed by atoms with Crippen molar-refractivity contribution in [1.82, 2.24) is 4.90 Å². The highest BCUT2D eigenvalue weighted by Crippen LogP contribution is 2.18. The van der Waals surface area contributed by atoms with Crippen LogP contribution in [0.25, 0.3) is 0 Å². The molecular formula is C13H21N. The van der Waals surface area contributed by atoms with Crippen molar-refractivity contribution in [1.29, 1.82) is 0 Å². The zero-order valence-corrected chi connectivity index (χ0v) is 10.0. The Kier molecular flexibility index (Phi) is 3.70. The van der Waals surface area contributed by atoms with Gasteiger partial charge in [0.1, 0.15) is 0 Å². The Labute approximate surface area is 87.7 Å². The number of benzene rings is 1. The Morgan fingerprint density at radius 3 is 2.29 bits per heavy atom. The molecule has 0 aliphatic heterocycles. The normalized spacial score (nSPS) is 11.0. The minimum atomic E-state index is 1.05. The zero-order chi connectivity index (χ0) is 10.7. The van der Waals surface area contributed by atoms with Gasteiger partial charge in [0.2, 0.25) is 0 Å². The molecule has 0 aliphatic carbocycles. The van der Waals surface area contributed by atoms with E-state index in [9.17, 15) is 0 Å². The third-order valence-electron chi connectivity index (χ3n) is 2.56. The summed E-state index contributed by atoms with van der Waals surface area (Å²) in [6.45, 7) is 7.67. The molecular weight excluding hydrogens is 170 g/mol. The van der Waals surface area contributed by atoms with Crippen molar-refractivity contribution in [2.75, 3.05) is 14.1 Å². The predicted octanol–water partition coefficient (Wildman–Crippen LogP) is 2.93. The molecule has 78 valence electrons. The van der Waals surface area contributed by atoms with Crippen LogP contribution in [0.4, 0.5) is 0 Å². The van der Waals surface area contributed by atoms with Crippen molar-refractivity contribution in [2.24, 2.45) is 0 Å². The lowest BCUT2D eigenvalue weighted by Crippen LogP contribution is -2.13. The first kappa shape index (κ1) is 11.3. The summed E-state index contributed by atoms with van der Waals surface area (Å²) in [5.41, 5.74) is 5.80. The Morgan fingerprint density at radius 1 is 1.14 bits per heavy atom. The molecule has 0 unspecified atom stereocenters. The van der Waals surface area contributed by atoms with Gasteiger partial charge in [-0.3, -0.25) is 0 Å². The van der Waals surface area contributed by atoms with Crippen LogP contribution in [-0.4, -0.2) is 19.0 Å². The van der Waals surface area contributed by atoms with Gasteiger partial charge >= 0.3 is 0 Å². The van der Waals surface area contributed by atoms with Gasteiger partial charge in [-0.2, -0.15) is 0 Å². The van der Waals surface area contributed by atoms with Gasteiger partial charge in [0, 0.05) is 6.54 Å². The van der Waals surface area contributed by atoms with Crippen molar-refractivity contribution in [2.45, 2.75) is 33.7 Å². The first-order valence-corrected chi connectivity index (χ1v) is 5.28. The third-order valence-corrected chi connectivity index (χ3v) is 2.56. The fourth-order valence-electron chi connectivity index (χ4n) is 1.94. The summed E-state index contributed by atoms with van der Waals surface area (Å²) in [6, 6.07) is 4.59. The standard InChI is InChI=1S/C13H21N/c1-6-12-8-10(2)7-11(3)13(12)9-14(4)5/h7-8H,6,9H2,1-5H3. The number of nitrogens with zero attached hydrogens (tertiary/aromatic N) is 1. The van der Waals surface area contributed by atoms with Crippen LogP contribution < -0.4 is 0 Å². The van der Waals surface area contributed by atoms with Crippen molar-refractivity contribution < 1.29 is 0 Å². The van der Waals surface area contributed by atoms with Crippen LogP contribution in [0.1, 0.15) is 29.2 Å². The summed E-state index contributed by atoms with van der Waals surface area (Å²) in [5.74, 6) is 0. The SMILES string of the molecule is CCc1cc(C)cc(C)c1CN(C)C. The van der Waals surface area contributed by atoms with E-state index in [0.717, 1.165) is 13.0 Å². The van der Waals surface area contributed by atoms with Crippen LogP contribution in [0.3, 0.4) is 0 Å². The fraction of sp³-hybridized carbons (Fsp3) is 0.538. The third kappa shape index (κ3) is 2.58. The summed E-state index contributed by atoms with van der Waals surface area (Å²) < 4.78 is 0. The van der Waals surface area contributed by atoms with E-state index in [1.807, 2.05) is 0 Å². The van der Waals surface area contributed by atoms with E-state index in [1.165, 1.54) is 22.3 Å². The molecule has 1 aromatic carbocycles. The summed E-state index contributed by atoms with van der Waals surface area (Å²) >= 11 is 0. The van der Waals surface area contributed by atoms with Gasteiger partial charge in [0.05, 0.1) is 0 Å². The molecule has 0 aliphatic rings. The van der Waals surface area contributed by atoms with E-state index in [1.54, 1.807) is 0 Å². The fourth-order valence-corrected chi connectivity index (χ4v) is 1.94. The summed E-state index contributed by atoms with van der Waals surface area (Å²) in [7, 11) is 4.25. The van der Waals surface area contributed by atoms with Gasteiger partial charge in [0.15, 0.2) is 0 Å². The van der Waals surface area contributed by atoms with Crippen LogP contribution >= 0.6 is 0 Å². The molecule has 0 heterocycles. The Bertz CT molecular complexity index is 313. The first-order chi connectivity index (χ1) is 6.54. The Morgan fingerprint density at radius 2 is 1.79 bits per heavy atom. The molecule has 1 aromatic rings. The average molecular weight is 191 g/mol. The molecule has 1 heteroatoms. The second-order valence-electron chi connectivity index (χ2n) is 4.31. The van der Waals surface area contributed by atoms with Crippen molar-refractivity contribution in [3.05, 3.63) is 34.4 Å². The number of hydrogen-bond donors (Lipinski definition) is 0. The van der Waals surface area contributed by atoms with Gasteiger partial charge in [-0.15, -0.1) is 0 Å². The minimum Gasteiger partial charge on any atom is -0.305 e. The molecule has 0 saturated carbocycles. The Hall–Kier alpha value is -0.820. The number of aryl methyl sites for hydroxylation is 3. The van der Waals surface area contributed by atoms with Crippen molar-refractivity contribution >= 4 is 0 Å². The van der Waals surface area contributed by atoms with Gasteiger partial charge in [-0.05, 0) is 51.1 Å². The molecule has 0 radical (unpaired) electrons. The molecule has 1 nitrogen and oxygen atoms in total. The molecule has 14 heavy (non-hydrogen) atoms. The monoisotopic (exact) mass is 191 g/mol. The quantitative estimate of drug-likeness (QED) is 0.710. The maximum atomic E-state index is 2.31. The van der Waals surface area contributed by atoms with Crippen LogP contribution in [0.2, 0.25) is 0 Å². The number of hydrogen-bond acceptors (Lipinski definition) is 1. The largest absolute Gasteiger partial charge is 0.305 e. The topological polar surface area (TPSA) is 3.24 Å². The lowest BCUT2D eigenvalue weighted by molar-refractivity contribution is 0.400. The summed E-state index contributed by atoms with van der Waals surface area (Å²) in [6.07, 6.45) is 1.13. The Balaban J connectivity index is 3.11. The highest BCUT2D eigenvalue weighted by Gasteiger charge is 2.06. The molecule has 0 fully saturated rings. The minimum absolute atomic E-state index is 1.05. The highest BCUT2D eigenvalue weighted by atomic mass is 15.0. The predicted molar refractivity (Wildman–Crippen MR) is 62.7 cm³/mol. The van der Waals surface area contributed by atoms with Gasteiger partial charge < -0.3 is 4.90 Å². The summed E-state index contributed by atoms with van der Waals surface area (Å²) in [5, 5.41) is 0. The van der Waals surface area contributed by atoms with Crippen LogP contribution in [0, 0.1) is 13.8 Å². The first-order valence-electron chi connectivity index (χ1n) is 5.28. The molecule has 0 amide bonds. The molecule has 0 saturated heterocycles. The van der Waals surface area contributed by atoms with E-state index in [4.69, 9.17) is 0 Å². The zero-order valence-electron chi connectivity index (χ0n) is 10.0. The van der Waals surface area contributed by atoms with Crippen molar-refractivity contribution in [3.8, 4) is 0 Å². The van der Waals surface area contributed by atoms with Gasteiger partial charge in [-0.25, -0.2) is 0 Å². The second kappa shape index (κ2) is 4.61. The van der Waals surface area contributed by atoms with Crippen LogP contribution in [0.5, 0.6) is 0 Å². The molecule has 0 aromatic heterocycles. The van der Waals surface area contributed by atoms with E-state index < -0.39 is 0 Å². The van der Waals surface area contributed by atoms with Crippen LogP contribution in [-0.2, 0) is 13.0 Å². The lowest BCUT2D eigenvalue weighted by atomic mass is 9.97. The molecule has 0 N–H and O–H groups in total. The van der Waals surface area contributed by atoms with E-state index in [-0.39, 0.29) is 0 Å². The maximum Gasteiger partial charge on any atom is 0.0233 e. The maximum absolute atomic E-state index is 2.31. The second-order valence-corrected chi connectivity index (χ2v) is 4.31. The van der Waals surface area contributed by atoms with Crippen LogP contribution in [0.15, 0.2) is 12.1 Å². The van der Waals surface area contributed by atoms with E-state index >= 15 is 0 Å². The molecule has 0 bridgehead atoms. The smallest absolute Gasteiger partial charge is 0.0233 e. The number of rotatable bonds is 3. The molecule has 0 spiro atoms. The molecule has 0 atom stereocenters. The van der Waals surface area contributed by atoms with E-state index in [0.29, 0.717) is 0 Å². The van der Waals surface area contributed by atoms with E-state index in [2.05, 4.69) is 51.9 Å². The highest BCUT2D eigenvalue weighted by molar-refractivity contribution is 5.38. The molecule has 1 rings (SSSR count). The van der Waals surface area contributed by atoms with Gasteiger partial charge in [0.25, 0.3) is 0 Å². The lowest BCUT2D eigenvalue weighted by Gasteiger charge is -2.17. The van der Waals surface area contributed by atoms with Gasteiger partial charge in [-0.1, -0.05) is 24.6 Å².